The molecular weight excluding hydrogens is 436 g/mol. The van der Waals surface area contributed by atoms with Crippen molar-refractivity contribution in [3.05, 3.63) is 23.3 Å². The van der Waals surface area contributed by atoms with Crippen LogP contribution in [-0.2, 0) is 14.3 Å². The number of hydrogen-bond acceptors (Lipinski definition) is 4. The van der Waals surface area contributed by atoms with E-state index in [0.717, 1.165) is 36.7 Å². The first-order chi connectivity index (χ1) is 16.4. The highest BCUT2D eigenvalue weighted by molar-refractivity contribution is 5.88. The lowest BCUT2D eigenvalue weighted by atomic mass is 9.44. The molecule has 0 spiro atoms. The molecule has 196 valence electrons. The zero-order valence-corrected chi connectivity index (χ0v) is 23.3. The molecule has 5 heteroatoms. The monoisotopic (exact) mass is 484 g/mol. The summed E-state index contributed by atoms with van der Waals surface area (Å²) in [6.45, 7) is 12.8. The molecule has 5 nitrogen and oxygen atoms in total. The summed E-state index contributed by atoms with van der Waals surface area (Å²) in [7, 11) is 4.40. The molecule has 0 aromatic heterocycles. The number of fused-ring (bicyclic) bond motifs is 5. The molecule has 4 aliphatic rings. The number of esters is 1. The average Bonchev–Trinajstić information content (AvgIpc) is 3.11. The number of carbonyl (C=O) groups is 2. The number of likely N-dealkylation sites (N-methyl/N-ethyl adjacent to an activating group) is 1. The highest BCUT2D eigenvalue weighted by Gasteiger charge is 2.61. The Balaban J connectivity index is 1.57. The van der Waals surface area contributed by atoms with Gasteiger partial charge in [-0.25, -0.2) is 0 Å². The second-order valence-electron chi connectivity index (χ2n) is 13.0. The number of nitrogens with zero attached hydrogens (tertiary/aromatic N) is 1. The van der Waals surface area contributed by atoms with Gasteiger partial charge >= 0.3 is 5.97 Å². The fraction of sp³-hybridized carbons (Fsp3) is 0.800. The minimum absolute atomic E-state index is 0.0718. The van der Waals surface area contributed by atoms with E-state index in [9.17, 15) is 9.59 Å². The topological polar surface area (TPSA) is 58.6 Å². The Bertz CT molecular complexity index is 903. The summed E-state index contributed by atoms with van der Waals surface area (Å²) >= 11 is 0. The third-order valence-corrected chi connectivity index (χ3v) is 10.6. The Hall–Kier alpha value is -1.62. The number of amides is 1. The average molecular weight is 485 g/mol. The van der Waals surface area contributed by atoms with Crippen LogP contribution in [0.25, 0.3) is 0 Å². The van der Waals surface area contributed by atoms with Gasteiger partial charge in [-0.15, -0.1) is 0 Å². The van der Waals surface area contributed by atoms with Crippen LogP contribution in [-0.4, -0.2) is 49.1 Å². The fourth-order valence-electron chi connectivity index (χ4n) is 8.83. The van der Waals surface area contributed by atoms with E-state index < -0.39 is 0 Å². The zero-order valence-electron chi connectivity index (χ0n) is 23.3. The van der Waals surface area contributed by atoms with Crippen molar-refractivity contribution in [1.82, 2.24) is 10.2 Å². The molecule has 9 atom stereocenters. The van der Waals surface area contributed by atoms with Crippen molar-refractivity contribution in [3.63, 3.8) is 0 Å². The summed E-state index contributed by atoms with van der Waals surface area (Å²) in [6.07, 6.45) is 12.0. The maximum Gasteiger partial charge on any atom is 0.302 e. The van der Waals surface area contributed by atoms with E-state index in [2.05, 4.69) is 51.2 Å². The van der Waals surface area contributed by atoms with Gasteiger partial charge in [-0.2, -0.15) is 0 Å². The molecule has 0 aliphatic heterocycles. The predicted molar refractivity (Wildman–Crippen MR) is 141 cm³/mol. The minimum atomic E-state index is -0.235. The van der Waals surface area contributed by atoms with Crippen LogP contribution in [0.5, 0.6) is 0 Å². The van der Waals surface area contributed by atoms with Crippen molar-refractivity contribution in [2.24, 2.45) is 34.5 Å². The molecule has 3 saturated carbocycles. The number of carbonyl (C=O) groups excluding carboxylic acids is 2. The van der Waals surface area contributed by atoms with Gasteiger partial charge in [0.15, 0.2) is 0 Å². The lowest BCUT2D eigenvalue weighted by Gasteiger charge is -2.62. The van der Waals surface area contributed by atoms with Crippen LogP contribution in [0.3, 0.4) is 0 Å². The standard InChI is InChI=1S/C30H48N2O3/c1-18(2)17-27(34)31-26-14-16-30(6)24-13-15-29(5)22(19(3)32(7)8)11-12-23(29)21(24)9-10-25(30)28(26)35-20(4)33/h11,17,19,21,23-26,28H,9-10,12-16H2,1-8H3,(H,31,34)/t19-,21-,23?,24-,25?,26-,28+,29+,30+/m0/s1. The molecule has 0 saturated heterocycles. The SMILES string of the molecule is CC(=O)O[C@@H]1C2CC[C@H]3C4CC=C([C@H](C)N(C)C)[C@@]4(C)CC[C@@H]3[C@@]2(C)CC[C@@H]1NC(=O)C=C(C)C. The number of nitrogens with one attached hydrogen (secondary N) is 1. The lowest BCUT2D eigenvalue weighted by Crippen LogP contribution is -2.61. The van der Waals surface area contributed by atoms with Crippen LogP contribution in [0.4, 0.5) is 0 Å². The first-order valence-electron chi connectivity index (χ1n) is 13.9. The summed E-state index contributed by atoms with van der Waals surface area (Å²) in [5.74, 6) is 2.11. The van der Waals surface area contributed by atoms with Gasteiger partial charge in [0, 0.05) is 25.0 Å². The summed E-state index contributed by atoms with van der Waals surface area (Å²) in [5, 5.41) is 3.19. The summed E-state index contributed by atoms with van der Waals surface area (Å²) in [5.41, 5.74) is 3.09. The van der Waals surface area contributed by atoms with Crippen molar-refractivity contribution in [1.29, 1.82) is 0 Å². The summed E-state index contributed by atoms with van der Waals surface area (Å²) in [4.78, 5) is 27.1. The van der Waals surface area contributed by atoms with Crippen LogP contribution in [0.15, 0.2) is 23.3 Å². The van der Waals surface area contributed by atoms with Gasteiger partial charge < -0.3 is 15.0 Å². The van der Waals surface area contributed by atoms with Crippen molar-refractivity contribution >= 4 is 11.9 Å². The van der Waals surface area contributed by atoms with Crippen LogP contribution in [0, 0.1) is 34.5 Å². The number of allylic oxidation sites excluding steroid dienone is 2. The normalized spacial score (nSPS) is 41.1. The molecule has 0 heterocycles. The second kappa shape index (κ2) is 9.68. The quantitative estimate of drug-likeness (QED) is 0.318. The van der Waals surface area contributed by atoms with Gasteiger partial charge in [0.25, 0.3) is 0 Å². The lowest BCUT2D eigenvalue weighted by molar-refractivity contribution is -0.178. The smallest absolute Gasteiger partial charge is 0.302 e. The highest BCUT2D eigenvalue weighted by Crippen LogP contribution is 2.66. The number of rotatable bonds is 5. The van der Waals surface area contributed by atoms with Crippen LogP contribution >= 0.6 is 0 Å². The molecule has 1 amide bonds. The van der Waals surface area contributed by atoms with E-state index in [4.69, 9.17) is 4.74 Å². The first kappa shape index (κ1) is 26.4. The Labute approximate surface area is 213 Å². The first-order valence-corrected chi connectivity index (χ1v) is 13.9. The molecule has 4 aliphatic carbocycles. The van der Waals surface area contributed by atoms with E-state index in [-0.39, 0.29) is 29.4 Å². The van der Waals surface area contributed by atoms with Gasteiger partial charge in [0.05, 0.1) is 6.04 Å². The van der Waals surface area contributed by atoms with Crippen LogP contribution in [0.1, 0.15) is 86.5 Å². The second-order valence-corrected chi connectivity index (χ2v) is 13.0. The Kier molecular flexibility index (Phi) is 7.32. The molecule has 0 aromatic carbocycles. The molecule has 3 fully saturated rings. The third kappa shape index (κ3) is 4.63. The summed E-state index contributed by atoms with van der Waals surface area (Å²) < 4.78 is 6.02. The van der Waals surface area contributed by atoms with Crippen molar-refractivity contribution in [2.45, 2.75) is 105 Å². The largest absolute Gasteiger partial charge is 0.460 e. The van der Waals surface area contributed by atoms with Crippen molar-refractivity contribution < 1.29 is 14.3 Å². The van der Waals surface area contributed by atoms with Gasteiger partial charge in [-0.1, -0.05) is 31.1 Å². The maximum atomic E-state index is 12.6. The zero-order chi connectivity index (χ0) is 25.7. The molecule has 0 bridgehead atoms. The molecule has 4 rings (SSSR count). The van der Waals surface area contributed by atoms with E-state index in [1.165, 1.54) is 32.6 Å². The Morgan fingerprint density at radius 3 is 2.40 bits per heavy atom. The molecule has 2 unspecified atom stereocenters. The van der Waals surface area contributed by atoms with E-state index >= 15 is 0 Å². The van der Waals surface area contributed by atoms with Gasteiger partial charge in [0.2, 0.25) is 5.91 Å². The van der Waals surface area contributed by atoms with Crippen LogP contribution in [0.2, 0.25) is 0 Å². The molecular formula is C30H48N2O3. The molecule has 35 heavy (non-hydrogen) atoms. The van der Waals surface area contributed by atoms with Gasteiger partial charge in [0.1, 0.15) is 6.10 Å². The van der Waals surface area contributed by atoms with Gasteiger partial charge in [-0.3, -0.25) is 9.59 Å². The third-order valence-electron chi connectivity index (χ3n) is 10.6. The fourth-order valence-corrected chi connectivity index (χ4v) is 8.83. The van der Waals surface area contributed by atoms with E-state index in [0.29, 0.717) is 23.3 Å². The molecule has 0 radical (unpaired) electrons. The molecule has 0 aromatic rings. The number of hydrogen-bond donors (Lipinski definition) is 1. The van der Waals surface area contributed by atoms with E-state index in [1.54, 1.807) is 11.6 Å². The molecule has 1 N–H and O–H groups in total. The van der Waals surface area contributed by atoms with Crippen LogP contribution < -0.4 is 5.32 Å². The minimum Gasteiger partial charge on any atom is -0.460 e. The highest BCUT2D eigenvalue weighted by atomic mass is 16.5. The van der Waals surface area contributed by atoms with Crippen molar-refractivity contribution in [3.8, 4) is 0 Å². The van der Waals surface area contributed by atoms with Crippen molar-refractivity contribution in [2.75, 3.05) is 14.1 Å². The van der Waals surface area contributed by atoms with E-state index in [1.807, 2.05) is 13.8 Å². The Morgan fingerprint density at radius 2 is 1.77 bits per heavy atom. The maximum absolute atomic E-state index is 12.6. The predicted octanol–water partition coefficient (Wildman–Crippen LogP) is 5.51. The van der Waals surface area contributed by atoms with Gasteiger partial charge in [-0.05, 0) is 108 Å². The Morgan fingerprint density at radius 1 is 1.06 bits per heavy atom. The summed E-state index contributed by atoms with van der Waals surface area (Å²) in [6, 6.07) is 0.382. The number of ether oxygens (including phenoxy) is 1.